The smallest absolute Gasteiger partial charge is 0.254 e. The third-order valence-electron chi connectivity index (χ3n) is 4.36. The van der Waals surface area contributed by atoms with E-state index in [1.54, 1.807) is 6.20 Å². The minimum Gasteiger partial charge on any atom is -0.337 e. The van der Waals surface area contributed by atoms with Gasteiger partial charge in [0, 0.05) is 37.6 Å². The highest BCUT2D eigenvalue weighted by Crippen LogP contribution is 2.12. The van der Waals surface area contributed by atoms with Crippen LogP contribution in [0.4, 0.5) is 0 Å². The largest absolute Gasteiger partial charge is 0.337 e. The van der Waals surface area contributed by atoms with Crippen molar-refractivity contribution in [3.05, 3.63) is 96.1 Å². The molecule has 1 aromatic heterocycles. The lowest BCUT2D eigenvalue weighted by atomic mass is 10.1. The lowest BCUT2D eigenvalue weighted by molar-refractivity contribution is 0.0766. The zero-order valence-corrected chi connectivity index (χ0v) is 15.7. The number of rotatable bonds is 8. The van der Waals surface area contributed by atoms with Crippen LogP contribution in [0.5, 0.6) is 0 Å². The molecule has 1 amide bonds. The molecule has 0 N–H and O–H groups in total. The lowest BCUT2D eigenvalue weighted by Crippen LogP contribution is -2.34. The topological polar surface area (TPSA) is 38.1 Å². The average Bonchev–Trinajstić information content (AvgIpc) is 3.21. The second-order valence-electron chi connectivity index (χ2n) is 6.65. The molecule has 0 saturated carbocycles. The molecule has 1 heterocycles. The van der Waals surface area contributed by atoms with E-state index >= 15 is 0 Å². The molecular weight excluding hydrogens is 334 g/mol. The molecule has 0 bridgehead atoms. The Kier molecular flexibility index (Phi) is 6.58. The van der Waals surface area contributed by atoms with E-state index in [1.807, 2.05) is 70.5 Å². The summed E-state index contributed by atoms with van der Waals surface area (Å²) in [5.74, 6) is 0.0713. The van der Waals surface area contributed by atoms with Crippen LogP contribution in [0.3, 0.4) is 0 Å². The fourth-order valence-electron chi connectivity index (χ4n) is 3.06. The molecule has 0 radical (unpaired) electrons. The van der Waals surface area contributed by atoms with Gasteiger partial charge in [0.25, 0.3) is 5.91 Å². The van der Waals surface area contributed by atoms with Crippen molar-refractivity contribution < 1.29 is 4.79 Å². The molecule has 0 aliphatic rings. The standard InChI is InChI=1S/C23H25N3O/c1-20(17-21-9-4-2-5-10-21)18-26(15-8-14-25-16-13-24-19-25)23(27)22-11-6-3-7-12-22/h2-7,9-13,16-17,19H,8,14-15,18H2,1H3/b20-17+. The van der Waals surface area contributed by atoms with Gasteiger partial charge in [-0.05, 0) is 31.0 Å². The van der Waals surface area contributed by atoms with Gasteiger partial charge in [-0.3, -0.25) is 4.79 Å². The Bertz CT molecular complexity index is 855. The average molecular weight is 359 g/mol. The number of aryl methyl sites for hydroxylation is 1. The normalized spacial score (nSPS) is 11.4. The van der Waals surface area contributed by atoms with E-state index in [4.69, 9.17) is 0 Å². The van der Waals surface area contributed by atoms with Crippen LogP contribution in [0.15, 0.2) is 85.0 Å². The summed E-state index contributed by atoms with van der Waals surface area (Å²) in [7, 11) is 0. The first-order chi connectivity index (χ1) is 13.2. The van der Waals surface area contributed by atoms with Gasteiger partial charge in [-0.25, -0.2) is 4.98 Å². The van der Waals surface area contributed by atoms with Gasteiger partial charge in [0.2, 0.25) is 0 Å². The van der Waals surface area contributed by atoms with E-state index in [0.29, 0.717) is 13.1 Å². The molecule has 0 aliphatic carbocycles. The fourth-order valence-corrected chi connectivity index (χ4v) is 3.06. The quantitative estimate of drug-likeness (QED) is 0.593. The van der Waals surface area contributed by atoms with E-state index in [9.17, 15) is 4.79 Å². The molecule has 0 unspecified atom stereocenters. The Morgan fingerprint density at radius 3 is 2.44 bits per heavy atom. The number of nitrogens with zero attached hydrogens (tertiary/aromatic N) is 3. The maximum absolute atomic E-state index is 13.0. The second kappa shape index (κ2) is 9.53. The summed E-state index contributed by atoms with van der Waals surface area (Å²) in [4.78, 5) is 19.0. The van der Waals surface area contributed by atoms with E-state index in [2.05, 4.69) is 30.1 Å². The van der Waals surface area contributed by atoms with Crippen LogP contribution in [-0.4, -0.2) is 33.4 Å². The number of carbonyl (C=O) groups is 1. The predicted octanol–water partition coefficient (Wildman–Crippen LogP) is 4.52. The van der Waals surface area contributed by atoms with Gasteiger partial charge in [0.1, 0.15) is 0 Å². The van der Waals surface area contributed by atoms with Gasteiger partial charge < -0.3 is 9.47 Å². The van der Waals surface area contributed by atoms with Crippen molar-refractivity contribution in [3.63, 3.8) is 0 Å². The zero-order chi connectivity index (χ0) is 18.9. The minimum absolute atomic E-state index is 0.0713. The van der Waals surface area contributed by atoms with Crippen LogP contribution < -0.4 is 0 Å². The molecule has 3 rings (SSSR count). The molecule has 4 nitrogen and oxygen atoms in total. The molecule has 0 spiro atoms. The number of aromatic nitrogens is 2. The van der Waals surface area contributed by atoms with Crippen LogP contribution in [0, 0.1) is 0 Å². The highest BCUT2D eigenvalue weighted by Gasteiger charge is 2.15. The van der Waals surface area contributed by atoms with Gasteiger partial charge in [-0.15, -0.1) is 0 Å². The summed E-state index contributed by atoms with van der Waals surface area (Å²) in [6.45, 7) is 4.24. The number of amides is 1. The highest BCUT2D eigenvalue weighted by molar-refractivity contribution is 5.94. The van der Waals surface area contributed by atoms with Crippen LogP contribution in [0.2, 0.25) is 0 Å². The monoisotopic (exact) mass is 359 g/mol. The number of hydrogen-bond acceptors (Lipinski definition) is 2. The van der Waals surface area contributed by atoms with Crippen molar-refractivity contribution in [3.8, 4) is 0 Å². The summed E-state index contributed by atoms with van der Waals surface area (Å²) in [5.41, 5.74) is 3.04. The summed E-state index contributed by atoms with van der Waals surface area (Å²) in [6.07, 6.45) is 8.56. The van der Waals surface area contributed by atoms with E-state index < -0.39 is 0 Å². The molecule has 27 heavy (non-hydrogen) atoms. The van der Waals surface area contributed by atoms with Crippen molar-refractivity contribution >= 4 is 12.0 Å². The third-order valence-corrected chi connectivity index (χ3v) is 4.36. The molecule has 0 saturated heterocycles. The first-order valence-electron chi connectivity index (χ1n) is 9.24. The van der Waals surface area contributed by atoms with Crippen LogP contribution in [-0.2, 0) is 6.54 Å². The summed E-state index contributed by atoms with van der Waals surface area (Å²) >= 11 is 0. The first-order valence-corrected chi connectivity index (χ1v) is 9.24. The number of hydrogen-bond donors (Lipinski definition) is 0. The van der Waals surface area contributed by atoms with Crippen LogP contribution >= 0.6 is 0 Å². The zero-order valence-electron chi connectivity index (χ0n) is 15.7. The molecule has 0 aliphatic heterocycles. The molecular formula is C23H25N3O. The Hall–Kier alpha value is -3.14. The maximum Gasteiger partial charge on any atom is 0.254 e. The van der Waals surface area contributed by atoms with E-state index in [-0.39, 0.29) is 5.91 Å². The van der Waals surface area contributed by atoms with Crippen molar-refractivity contribution in [1.29, 1.82) is 0 Å². The fraction of sp³-hybridized carbons (Fsp3) is 0.217. The molecule has 3 aromatic rings. The summed E-state index contributed by atoms with van der Waals surface area (Å²) < 4.78 is 2.04. The Labute approximate surface area is 160 Å². The Balaban J connectivity index is 1.70. The van der Waals surface area contributed by atoms with Crippen molar-refractivity contribution in [2.24, 2.45) is 0 Å². The maximum atomic E-state index is 13.0. The van der Waals surface area contributed by atoms with Gasteiger partial charge >= 0.3 is 0 Å². The van der Waals surface area contributed by atoms with E-state index in [0.717, 1.165) is 29.7 Å². The third kappa shape index (κ3) is 5.68. The molecule has 2 aromatic carbocycles. The van der Waals surface area contributed by atoms with Gasteiger partial charge in [-0.1, -0.05) is 60.2 Å². The minimum atomic E-state index is 0.0713. The van der Waals surface area contributed by atoms with Crippen molar-refractivity contribution in [1.82, 2.24) is 14.5 Å². The van der Waals surface area contributed by atoms with Gasteiger partial charge in [0.15, 0.2) is 0 Å². The first kappa shape index (κ1) is 18.6. The van der Waals surface area contributed by atoms with E-state index in [1.165, 1.54) is 0 Å². The molecule has 138 valence electrons. The van der Waals surface area contributed by atoms with Gasteiger partial charge in [-0.2, -0.15) is 0 Å². The summed E-state index contributed by atoms with van der Waals surface area (Å²) in [6, 6.07) is 19.7. The Morgan fingerprint density at radius 1 is 1.07 bits per heavy atom. The van der Waals surface area contributed by atoms with Crippen LogP contribution in [0.25, 0.3) is 6.08 Å². The van der Waals surface area contributed by atoms with Crippen LogP contribution in [0.1, 0.15) is 29.3 Å². The summed E-state index contributed by atoms with van der Waals surface area (Å²) in [5, 5.41) is 0. The Morgan fingerprint density at radius 2 is 1.78 bits per heavy atom. The lowest BCUT2D eigenvalue weighted by Gasteiger charge is -2.23. The highest BCUT2D eigenvalue weighted by atomic mass is 16.2. The molecule has 0 atom stereocenters. The SMILES string of the molecule is C/C(=C\c1ccccc1)CN(CCCn1ccnc1)C(=O)c1ccccc1. The number of benzene rings is 2. The second-order valence-corrected chi connectivity index (χ2v) is 6.65. The predicted molar refractivity (Wildman–Crippen MR) is 109 cm³/mol. The van der Waals surface area contributed by atoms with Crippen molar-refractivity contribution in [2.45, 2.75) is 19.9 Å². The molecule has 4 heteroatoms. The van der Waals surface area contributed by atoms with Gasteiger partial charge in [0.05, 0.1) is 6.33 Å². The number of imidazole rings is 1. The molecule has 0 fully saturated rings. The number of carbonyl (C=O) groups excluding carboxylic acids is 1. The van der Waals surface area contributed by atoms with Crippen molar-refractivity contribution in [2.75, 3.05) is 13.1 Å².